The van der Waals surface area contributed by atoms with Crippen molar-refractivity contribution in [2.45, 2.75) is 13.3 Å². The highest BCUT2D eigenvalue weighted by Crippen LogP contribution is 2.28. The SMILES string of the molecule is Cc1ccc(-c2ccc(CC(=O)O)c(Cl)c2)c(F)c1. The Balaban J connectivity index is 2.41. The zero-order valence-corrected chi connectivity index (χ0v) is 11.0. The van der Waals surface area contributed by atoms with Crippen LogP contribution < -0.4 is 0 Å². The summed E-state index contributed by atoms with van der Waals surface area (Å²) in [6.07, 6.45) is -0.143. The fourth-order valence-corrected chi connectivity index (χ4v) is 2.12. The summed E-state index contributed by atoms with van der Waals surface area (Å²) in [5.74, 6) is -1.27. The molecule has 1 N–H and O–H groups in total. The number of aryl methyl sites for hydroxylation is 1. The van der Waals surface area contributed by atoms with Crippen LogP contribution in [-0.2, 0) is 11.2 Å². The van der Waals surface area contributed by atoms with Gasteiger partial charge in [-0.1, -0.05) is 35.9 Å². The van der Waals surface area contributed by atoms with Crippen molar-refractivity contribution >= 4 is 17.6 Å². The molecule has 19 heavy (non-hydrogen) atoms. The van der Waals surface area contributed by atoms with E-state index in [1.54, 1.807) is 24.3 Å². The summed E-state index contributed by atoms with van der Waals surface area (Å²) in [4.78, 5) is 10.6. The van der Waals surface area contributed by atoms with E-state index in [0.717, 1.165) is 5.56 Å². The van der Waals surface area contributed by atoms with Crippen LogP contribution in [0.4, 0.5) is 4.39 Å². The lowest BCUT2D eigenvalue weighted by Crippen LogP contribution is -2.00. The van der Waals surface area contributed by atoms with Crippen LogP contribution in [0.1, 0.15) is 11.1 Å². The molecular formula is C15H12ClFO2. The molecule has 0 aromatic heterocycles. The Bertz CT molecular complexity index is 638. The molecule has 0 bridgehead atoms. The maximum absolute atomic E-state index is 13.8. The number of rotatable bonds is 3. The molecule has 0 amide bonds. The van der Waals surface area contributed by atoms with Crippen molar-refractivity contribution in [1.82, 2.24) is 0 Å². The van der Waals surface area contributed by atoms with Crippen molar-refractivity contribution in [3.05, 3.63) is 58.4 Å². The maximum atomic E-state index is 13.8. The van der Waals surface area contributed by atoms with Crippen LogP contribution in [0.25, 0.3) is 11.1 Å². The van der Waals surface area contributed by atoms with Gasteiger partial charge < -0.3 is 5.11 Å². The van der Waals surface area contributed by atoms with Crippen molar-refractivity contribution < 1.29 is 14.3 Å². The number of benzene rings is 2. The van der Waals surface area contributed by atoms with Gasteiger partial charge in [0.05, 0.1) is 6.42 Å². The molecule has 0 radical (unpaired) electrons. The van der Waals surface area contributed by atoms with Crippen LogP contribution in [-0.4, -0.2) is 11.1 Å². The van der Waals surface area contributed by atoms with Gasteiger partial charge in [0.15, 0.2) is 0 Å². The molecule has 0 aliphatic carbocycles. The Morgan fingerprint density at radius 2 is 2.00 bits per heavy atom. The maximum Gasteiger partial charge on any atom is 0.307 e. The average molecular weight is 279 g/mol. The molecule has 0 heterocycles. The minimum atomic E-state index is -0.948. The van der Waals surface area contributed by atoms with E-state index in [9.17, 15) is 9.18 Å². The summed E-state index contributed by atoms with van der Waals surface area (Å²) in [5.41, 5.74) is 2.45. The number of carboxylic acids is 1. The fourth-order valence-electron chi connectivity index (χ4n) is 1.88. The Morgan fingerprint density at radius 3 is 2.58 bits per heavy atom. The highest BCUT2D eigenvalue weighted by molar-refractivity contribution is 6.31. The molecule has 4 heteroatoms. The molecule has 0 saturated carbocycles. The van der Waals surface area contributed by atoms with Crippen molar-refractivity contribution in [3.8, 4) is 11.1 Å². The minimum Gasteiger partial charge on any atom is -0.481 e. The van der Waals surface area contributed by atoms with Gasteiger partial charge in [-0.2, -0.15) is 0 Å². The van der Waals surface area contributed by atoms with Crippen molar-refractivity contribution in [2.24, 2.45) is 0 Å². The van der Waals surface area contributed by atoms with E-state index in [0.29, 0.717) is 21.7 Å². The van der Waals surface area contributed by atoms with Crippen LogP contribution in [0.15, 0.2) is 36.4 Å². The van der Waals surface area contributed by atoms with Gasteiger partial charge in [-0.3, -0.25) is 4.79 Å². The fraction of sp³-hybridized carbons (Fsp3) is 0.133. The summed E-state index contributed by atoms with van der Waals surface area (Å²) >= 11 is 6.02. The zero-order chi connectivity index (χ0) is 14.0. The smallest absolute Gasteiger partial charge is 0.307 e. The summed E-state index contributed by atoms with van der Waals surface area (Å²) in [6.45, 7) is 1.82. The van der Waals surface area contributed by atoms with Crippen LogP contribution in [0.3, 0.4) is 0 Å². The Labute approximate surface area is 115 Å². The first-order valence-corrected chi connectivity index (χ1v) is 6.12. The van der Waals surface area contributed by atoms with E-state index < -0.39 is 5.97 Å². The van der Waals surface area contributed by atoms with E-state index in [-0.39, 0.29) is 12.2 Å². The summed E-state index contributed by atoms with van der Waals surface area (Å²) < 4.78 is 13.8. The molecule has 0 atom stereocenters. The van der Waals surface area contributed by atoms with Crippen LogP contribution in [0.2, 0.25) is 5.02 Å². The molecule has 2 aromatic rings. The third-order valence-corrected chi connectivity index (χ3v) is 3.18. The lowest BCUT2D eigenvalue weighted by molar-refractivity contribution is -0.136. The standard InChI is InChI=1S/C15H12ClFO2/c1-9-2-5-12(14(17)6-9)10-3-4-11(8-15(18)19)13(16)7-10/h2-7H,8H2,1H3,(H,18,19). The number of hydrogen-bond acceptors (Lipinski definition) is 1. The van der Waals surface area contributed by atoms with Crippen molar-refractivity contribution in [2.75, 3.05) is 0 Å². The molecule has 2 aromatic carbocycles. The molecule has 0 saturated heterocycles. The van der Waals surface area contributed by atoms with Gasteiger partial charge in [0.25, 0.3) is 0 Å². The van der Waals surface area contributed by atoms with E-state index in [2.05, 4.69) is 0 Å². The van der Waals surface area contributed by atoms with Gasteiger partial charge in [0.2, 0.25) is 0 Å². The molecule has 2 nitrogen and oxygen atoms in total. The van der Waals surface area contributed by atoms with Crippen LogP contribution in [0.5, 0.6) is 0 Å². The predicted molar refractivity (Wildman–Crippen MR) is 72.9 cm³/mol. The topological polar surface area (TPSA) is 37.3 Å². The number of aliphatic carboxylic acids is 1. The first kappa shape index (κ1) is 13.6. The highest BCUT2D eigenvalue weighted by Gasteiger charge is 2.10. The van der Waals surface area contributed by atoms with Gasteiger partial charge in [0.1, 0.15) is 5.82 Å². The summed E-state index contributed by atoms with van der Waals surface area (Å²) in [6, 6.07) is 9.84. The second-order valence-corrected chi connectivity index (χ2v) is 4.77. The van der Waals surface area contributed by atoms with E-state index in [1.165, 1.54) is 6.07 Å². The average Bonchev–Trinajstić information content (AvgIpc) is 2.31. The van der Waals surface area contributed by atoms with E-state index in [1.807, 2.05) is 13.0 Å². The second kappa shape index (κ2) is 5.41. The van der Waals surface area contributed by atoms with Crippen molar-refractivity contribution in [1.29, 1.82) is 0 Å². The number of carboxylic acid groups (broad SMARTS) is 1. The first-order chi connectivity index (χ1) is 8.97. The van der Waals surface area contributed by atoms with Gasteiger partial charge in [-0.25, -0.2) is 4.39 Å². The zero-order valence-electron chi connectivity index (χ0n) is 10.3. The number of halogens is 2. The first-order valence-electron chi connectivity index (χ1n) is 5.74. The minimum absolute atomic E-state index is 0.143. The molecule has 98 valence electrons. The van der Waals surface area contributed by atoms with Crippen molar-refractivity contribution in [3.63, 3.8) is 0 Å². The third-order valence-electron chi connectivity index (χ3n) is 2.83. The lowest BCUT2D eigenvalue weighted by atomic mass is 10.0. The molecule has 2 rings (SSSR count). The second-order valence-electron chi connectivity index (χ2n) is 4.36. The number of carbonyl (C=O) groups is 1. The third kappa shape index (κ3) is 3.12. The normalized spacial score (nSPS) is 10.5. The Kier molecular flexibility index (Phi) is 3.86. The lowest BCUT2D eigenvalue weighted by Gasteiger charge is -2.07. The van der Waals surface area contributed by atoms with Gasteiger partial charge in [0, 0.05) is 10.6 Å². The van der Waals surface area contributed by atoms with E-state index >= 15 is 0 Å². The summed E-state index contributed by atoms with van der Waals surface area (Å²) in [7, 11) is 0. The molecule has 0 unspecified atom stereocenters. The van der Waals surface area contributed by atoms with E-state index in [4.69, 9.17) is 16.7 Å². The highest BCUT2D eigenvalue weighted by atomic mass is 35.5. The number of hydrogen-bond donors (Lipinski definition) is 1. The van der Waals surface area contributed by atoms with Crippen LogP contribution >= 0.6 is 11.6 Å². The quantitative estimate of drug-likeness (QED) is 0.918. The predicted octanol–water partition coefficient (Wildman–Crippen LogP) is 4.08. The largest absolute Gasteiger partial charge is 0.481 e. The Morgan fingerprint density at radius 1 is 1.26 bits per heavy atom. The molecule has 0 spiro atoms. The van der Waals surface area contributed by atoms with Gasteiger partial charge in [-0.05, 0) is 35.7 Å². The van der Waals surface area contributed by atoms with Gasteiger partial charge >= 0.3 is 5.97 Å². The molecule has 0 fully saturated rings. The van der Waals surface area contributed by atoms with Gasteiger partial charge in [-0.15, -0.1) is 0 Å². The molecule has 0 aliphatic heterocycles. The summed E-state index contributed by atoms with van der Waals surface area (Å²) in [5, 5.41) is 9.07. The Hall–Kier alpha value is -1.87. The molecule has 0 aliphatic rings. The van der Waals surface area contributed by atoms with Crippen LogP contribution in [0, 0.1) is 12.7 Å². The molecular weight excluding hydrogens is 267 g/mol. The monoisotopic (exact) mass is 278 g/mol.